The van der Waals surface area contributed by atoms with Crippen molar-refractivity contribution in [1.29, 1.82) is 0 Å². The predicted octanol–water partition coefficient (Wildman–Crippen LogP) is 1.98. The van der Waals surface area contributed by atoms with E-state index in [0.717, 1.165) is 37.2 Å². The number of aliphatic imine (C=N–C) groups is 1. The van der Waals surface area contributed by atoms with Gasteiger partial charge in [0.1, 0.15) is 5.75 Å². The summed E-state index contributed by atoms with van der Waals surface area (Å²) in [5, 5.41) is 3.29. The van der Waals surface area contributed by atoms with E-state index in [1.54, 1.807) is 0 Å². The standard InChI is InChI=1S/C16H23N3O2/c1-2-20-12-9-11(10-12)18-16(17)19-14-7-8-21-15-6-4-3-5-13(14)15/h3-6,11-12,14H,2,7-10H2,1H3,(H3,17,18,19). The third-order valence-electron chi connectivity index (χ3n) is 4.07. The number of nitrogens with zero attached hydrogens (tertiary/aromatic N) is 1. The molecule has 1 aliphatic heterocycles. The lowest BCUT2D eigenvalue weighted by Crippen LogP contribution is -2.50. The topological polar surface area (TPSA) is 68.9 Å². The van der Waals surface area contributed by atoms with Crippen LogP contribution in [0.2, 0.25) is 0 Å². The van der Waals surface area contributed by atoms with Crippen LogP contribution < -0.4 is 15.8 Å². The molecule has 1 aromatic rings. The van der Waals surface area contributed by atoms with Crippen molar-refractivity contribution in [3.63, 3.8) is 0 Å². The molecule has 1 aliphatic carbocycles. The Balaban J connectivity index is 1.58. The van der Waals surface area contributed by atoms with Crippen LogP contribution in [0.5, 0.6) is 5.75 Å². The van der Waals surface area contributed by atoms with Gasteiger partial charge in [0.15, 0.2) is 5.96 Å². The molecule has 114 valence electrons. The summed E-state index contributed by atoms with van der Waals surface area (Å²) in [4.78, 5) is 4.63. The van der Waals surface area contributed by atoms with Crippen molar-refractivity contribution in [2.45, 2.75) is 44.4 Å². The van der Waals surface area contributed by atoms with Gasteiger partial charge in [0.05, 0.1) is 18.8 Å². The first-order valence-corrected chi connectivity index (χ1v) is 7.69. The van der Waals surface area contributed by atoms with Crippen molar-refractivity contribution in [1.82, 2.24) is 5.32 Å². The van der Waals surface area contributed by atoms with Gasteiger partial charge in [-0.1, -0.05) is 18.2 Å². The molecule has 3 rings (SSSR count). The van der Waals surface area contributed by atoms with E-state index in [-0.39, 0.29) is 6.04 Å². The molecule has 0 spiro atoms. The average molecular weight is 289 g/mol. The van der Waals surface area contributed by atoms with E-state index < -0.39 is 0 Å². The van der Waals surface area contributed by atoms with Crippen LogP contribution in [0.15, 0.2) is 29.3 Å². The summed E-state index contributed by atoms with van der Waals surface area (Å²) in [5.74, 6) is 1.45. The van der Waals surface area contributed by atoms with Crippen LogP contribution in [0.25, 0.3) is 0 Å². The Labute approximate surface area is 125 Å². The van der Waals surface area contributed by atoms with Crippen molar-refractivity contribution in [3.05, 3.63) is 29.8 Å². The summed E-state index contributed by atoms with van der Waals surface area (Å²) in [7, 11) is 0. The number of hydrogen-bond acceptors (Lipinski definition) is 3. The van der Waals surface area contributed by atoms with Crippen molar-refractivity contribution >= 4 is 5.96 Å². The van der Waals surface area contributed by atoms with Gasteiger partial charge in [-0.05, 0) is 25.8 Å². The normalized spacial score (nSPS) is 28.2. The second kappa shape index (κ2) is 6.35. The summed E-state index contributed by atoms with van der Waals surface area (Å²) in [6.07, 6.45) is 3.26. The minimum atomic E-state index is 0.0882. The molecule has 1 aromatic carbocycles. The van der Waals surface area contributed by atoms with Gasteiger partial charge >= 0.3 is 0 Å². The van der Waals surface area contributed by atoms with Crippen LogP contribution in [-0.2, 0) is 4.74 Å². The molecule has 1 atom stereocenters. The zero-order valence-corrected chi connectivity index (χ0v) is 12.4. The molecule has 2 aliphatic rings. The van der Waals surface area contributed by atoms with Gasteiger partial charge in [-0.2, -0.15) is 0 Å². The number of rotatable bonds is 4. The first-order chi connectivity index (χ1) is 10.3. The Morgan fingerprint density at radius 1 is 1.43 bits per heavy atom. The fourth-order valence-corrected chi connectivity index (χ4v) is 2.93. The molecule has 0 bridgehead atoms. The minimum absolute atomic E-state index is 0.0882. The average Bonchev–Trinajstić information content (AvgIpc) is 2.45. The van der Waals surface area contributed by atoms with Crippen molar-refractivity contribution in [2.75, 3.05) is 13.2 Å². The molecular weight excluding hydrogens is 266 g/mol. The second-order valence-electron chi connectivity index (χ2n) is 5.60. The number of ether oxygens (including phenoxy) is 2. The zero-order chi connectivity index (χ0) is 14.7. The van der Waals surface area contributed by atoms with Gasteiger partial charge in [0.25, 0.3) is 0 Å². The van der Waals surface area contributed by atoms with E-state index in [1.807, 2.05) is 25.1 Å². The molecule has 0 radical (unpaired) electrons. The molecule has 5 nitrogen and oxygen atoms in total. The van der Waals surface area contributed by atoms with Crippen LogP contribution >= 0.6 is 0 Å². The molecule has 0 aromatic heterocycles. The Morgan fingerprint density at radius 2 is 2.24 bits per heavy atom. The molecule has 0 amide bonds. The van der Waals surface area contributed by atoms with Crippen LogP contribution in [0.3, 0.4) is 0 Å². The maximum atomic E-state index is 6.05. The SMILES string of the molecule is CCOC1CC(NC(N)=NC2CCOc3ccccc32)C1. The quantitative estimate of drug-likeness (QED) is 0.657. The lowest BCUT2D eigenvalue weighted by Gasteiger charge is -2.35. The van der Waals surface area contributed by atoms with Gasteiger partial charge in [0.2, 0.25) is 0 Å². The Bertz CT molecular complexity index is 512. The minimum Gasteiger partial charge on any atom is -0.493 e. The van der Waals surface area contributed by atoms with Crippen molar-refractivity contribution < 1.29 is 9.47 Å². The fraction of sp³-hybridized carbons (Fsp3) is 0.562. The lowest BCUT2D eigenvalue weighted by atomic mass is 9.89. The number of benzene rings is 1. The molecule has 1 saturated carbocycles. The predicted molar refractivity (Wildman–Crippen MR) is 82.5 cm³/mol. The fourth-order valence-electron chi connectivity index (χ4n) is 2.93. The van der Waals surface area contributed by atoms with Crippen LogP contribution in [0.4, 0.5) is 0 Å². The van der Waals surface area contributed by atoms with E-state index in [2.05, 4.69) is 16.4 Å². The maximum absolute atomic E-state index is 6.05. The first-order valence-electron chi connectivity index (χ1n) is 7.69. The highest BCUT2D eigenvalue weighted by Gasteiger charge is 2.30. The molecule has 21 heavy (non-hydrogen) atoms. The molecule has 3 N–H and O–H groups in total. The highest BCUT2D eigenvalue weighted by atomic mass is 16.5. The summed E-state index contributed by atoms with van der Waals surface area (Å²) < 4.78 is 11.2. The van der Waals surface area contributed by atoms with Gasteiger partial charge in [-0.3, -0.25) is 0 Å². The molecule has 1 unspecified atom stereocenters. The number of nitrogens with two attached hydrogens (primary N) is 1. The molecule has 0 saturated heterocycles. The van der Waals surface area contributed by atoms with Crippen molar-refractivity contribution in [2.24, 2.45) is 10.7 Å². The third kappa shape index (κ3) is 3.29. The van der Waals surface area contributed by atoms with E-state index in [9.17, 15) is 0 Å². The van der Waals surface area contributed by atoms with Crippen LogP contribution in [0.1, 0.15) is 37.8 Å². The first kappa shape index (κ1) is 14.2. The summed E-state index contributed by atoms with van der Waals surface area (Å²) >= 11 is 0. The molecule has 5 heteroatoms. The number of nitrogens with one attached hydrogen (secondary N) is 1. The summed E-state index contributed by atoms with van der Waals surface area (Å²) in [6.45, 7) is 3.49. The monoisotopic (exact) mass is 289 g/mol. The maximum Gasteiger partial charge on any atom is 0.189 e. The van der Waals surface area contributed by atoms with E-state index in [1.165, 1.54) is 0 Å². The Morgan fingerprint density at radius 3 is 3.05 bits per heavy atom. The van der Waals surface area contributed by atoms with Gasteiger partial charge in [-0.15, -0.1) is 0 Å². The van der Waals surface area contributed by atoms with E-state index in [0.29, 0.717) is 24.7 Å². The van der Waals surface area contributed by atoms with Crippen molar-refractivity contribution in [3.8, 4) is 5.75 Å². The number of para-hydroxylation sites is 1. The van der Waals surface area contributed by atoms with E-state index >= 15 is 0 Å². The Kier molecular flexibility index (Phi) is 4.29. The van der Waals surface area contributed by atoms with Gasteiger partial charge in [0, 0.05) is 24.6 Å². The van der Waals surface area contributed by atoms with Gasteiger partial charge in [-0.25, -0.2) is 4.99 Å². The van der Waals surface area contributed by atoms with Gasteiger partial charge < -0.3 is 20.5 Å². The number of guanidine groups is 1. The molecule has 1 heterocycles. The third-order valence-corrected chi connectivity index (χ3v) is 4.07. The highest BCUT2D eigenvalue weighted by molar-refractivity contribution is 5.78. The van der Waals surface area contributed by atoms with E-state index in [4.69, 9.17) is 15.2 Å². The smallest absolute Gasteiger partial charge is 0.189 e. The molecular formula is C16H23N3O2. The number of hydrogen-bond donors (Lipinski definition) is 2. The largest absolute Gasteiger partial charge is 0.493 e. The van der Waals surface area contributed by atoms with Crippen LogP contribution in [-0.4, -0.2) is 31.3 Å². The van der Waals surface area contributed by atoms with Crippen LogP contribution in [0, 0.1) is 0 Å². The summed E-state index contributed by atoms with van der Waals surface area (Å²) in [6, 6.07) is 8.52. The number of fused-ring (bicyclic) bond motifs is 1. The zero-order valence-electron chi connectivity index (χ0n) is 12.4. The second-order valence-corrected chi connectivity index (χ2v) is 5.60. The highest BCUT2D eigenvalue weighted by Crippen LogP contribution is 2.34. The molecule has 1 fully saturated rings. The Hall–Kier alpha value is -1.75. The lowest BCUT2D eigenvalue weighted by molar-refractivity contribution is -0.00568. The summed E-state index contributed by atoms with van der Waals surface area (Å²) in [5.41, 5.74) is 7.17.